The van der Waals surface area contributed by atoms with Crippen LogP contribution in [0.5, 0.6) is 0 Å². The molecular weight excluding hydrogens is 242 g/mol. The van der Waals surface area contributed by atoms with E-state index in [1.165, 1.54) is 33.9 Å². The molecule has 0 aliphatic carbocycles. The van der Waals surface area contributed by atoms with E-state index in [0.29, 0.717) is 5.92 Å². The highest BCUT2D eigenvalue weighted by atomic mass is 14.6. The summed E-state index contributed by atoms with van der Waals surface area (Å²) in [6.45, 7) is 4.51. The van der Waals surface area contributed by atoms with E-state index in [2.05, 4.69) is 67.4 Å². The topological polar surface area (TPSA) is 12.9 Å². The predicted octanol–water partition coefficient (Wildman–Crippen LogP) is 5.42. The summed E-state index contributed by atoms with van der Waals surface area (Å²) >= 11 is 0. The summed E-state index contributed by atoms with van der Waals surface area (Å²) in [5.41, 5.74) is 3.96. The molecule has 0 amide bonds. The molecule has 1 nitrogen and oxygen atoms in total. The van der Waals surface area contributed by atoms with E-state index in [0.717, 1.165) is 0 Å². The molecule has 0 bridgehead atoms. The third-order valence-electron chi connectivity index (χ3n) is 4.07. The van der Waals surface area contributed by atoms with Crippen molar-refractivity contribution in [2.45, 2.75) is 26.2 Å². The van der Waals surface area contributed by atoms with Crippen molar-refractivity contribution in [3.63, 3.8) is 0 Å². The summed E-state index contributed by atoms with van der Waals surface area (Å²) in [7, 11) is 0. The number of rotatable bonds is 3. The van der Waals surface area contributed by atoms with Gasteiger partial charge in [-0.1, -0.05) is 50.2 Å². The summed E-state index contributed by atoms with van der Waals surface area (Å²) in [6, 6.07) is 17.6. The molecule has 0 saturated carbocycles. The van der Waals surface area contributed by atoms with Crippen molar-refractivity contribution >= 4 is 10.8 Å². The van der Waals surface area contributed by atoms with Crippen LogP contribution in [0.3, 0.4) is 0 Å². The number of fused-ring (bicyclic) bond motifs is 1. The van der Waals surface area contributed by atoms with Crippen LogP contribution >= 0.6 is 0 Å². The molecule has 0 N–H and O–H groups in total. The van der Waals surface area contributed by atoms with Crippen molar-refractivity contribution in [1.29, 1.82) is 0 Å². The average molecular weight is 261 g/mol. The van der Waals surface area contributed by atoms with Crippen molar-refractivity contribution in [3.05, 3.63) is 66.5 Å². The molecule has 1 atom stereocenters. The van der Waals surface area contributed by atoms with Crippen LogP contribution in [0.2, 0.25) is 0 Å². The highest BCUT2D eigenvalue weighted by Crippen LogP contribution is 2.26. The predicted molar refractivity (Wildman–Crippen MR) is 85.9 cm³/mol. The van der Waals surface area contributed by atoms with Gasteiger partial charge in [-0.25, -0.2) is 0 Å². The highest BCUT2D eigenvalue weighted by Gasteiger charge is 2.04. The van der Waals surface area contributed by atoms with Crippen molar-refractivity contribution in [2.24, 2.45) is 0 Å². The smallest absolute Gasteiger partial charge is 0.0346 e. The van der Waals surface area contributed by atoms with Gasteiger partial charge in [0.15, 0.2) is 0 Å². The van der Waals surface area contributed by atoms with Crippen LogP contribution in [0, 0.1) is 0 Å². The Hall–Kier alpha value is -2.15. The summed E-state index contributed by atoms with van der Waals surface area (Å²) in [4.78, 5) is 4.16. The van der Waals surface area contributed by atoms with E-state index in [9.17, 15) is 0 Å². The Balaban J connectivity index is 1.98. The van der Waals surface area contributed by atoms with Crippen LogP contribution in [-0.2, 0) is 0 Å². The van der Waals surface area contributed by atoms with E-state index in [4.69, 9.17) is 0 Å². The van der Waals surface area contributed by atoms with Crippen LogP contribution in [0.15, 0.2) is 60.9 Å². The zero-order chi connectivity index (χ0) is 13.9. The van der Waals surface area contributed by atoms with Gasteiger partial charge in [0.1, 0.15) is 0 Å². The van der Waals surface area contributed by atoms with Crippen LogP contribution in [-0.4, -0.2) is 4.98 Å². The molecule has 0 spiro atoms. The van der Waals surface area contributed by atoms with Gasteiger partial charge >= 0.3 is 0 Å². The summed E-state index contributed by atoms with van der Waals surface area (Å²) in [5.74, 6) is 0.631. The first-order valence-electron chi connectivity index (χ1n) is 7.22. The molecule has 2 aromatic carbocycles. The standard InChI is InChI=1S/C19H19N/c1-3-14(2)15-4-6-16(7-5-15)17-8-9-19-13-20-11-10-18(19)12-17/h4-14H,3H2,1-2H3. The molecule has 3 rings (SSSR count). The summed E-state index contributed by atoms with van der Waals surface area (Å²) in [6.07, 6.45) is 4.94. The normalized spacial score (nSPS) is 12.5. The zero-order valence-electron chi connectivity index (χ0n) is 12.0. The lowest BCUT2D eigenvalue weighted by Gasteiger charge is -2.10. The van der Waals surface area contributed by atoms with Gasteiger partial charge in [-0.3, -0.25) is 4.98 Å². The van der Waals surface area contributed by atoms with Gasteiger partial charge in [0.2, 0.25) is 0 Å². The number of nitrogens with zero attached hydrogens (tertiary/aromatic N) is 1. The van der Waals surface area contributed by atoms with E-state index in [1.807, 2.05) is 12.4 Å². The second-order valence-corrected chi connectivity index (χ2v) is 5.37. The Bertz CT molecular complexity index is 713. The Morgan fingerprint density at radius 3 is 2.40 bits per heavy atom. The molecule has 0 aliphatic rings. The minimum Gasteiger partial charge on any atom is -0.264 e. The molecule has 20 heavy (non-hydrogen) atoms. The van der Waals surface area contributed by atoms with Crippen LogP contribution in [0.1, 0.15) is 31.7 Å². The van der Waals surface area contributed by atoms with Crippen LogP contribution < -0.4 is 0 Å². The van der Waals surface area contributed by atoms with E-state index < -0.39 is 0 Å². The van der Waals surface area contributed by atoms with Crippen molar-refractivity contribution in [2.75, 3.05) is 0 Å². The Labute approximate surface area is 120 Å². The molecule has 1 heteroatoms. The monoisotopic (exact) mass is 261 g/mol. The molecule has 100 valence electrons. The Morgan fingerprint density at radius 2 is 1.65 bits per heavy atom. The first kappa shape index (κ1) is 12.9. The third-order valence-corrected chi connectivity index (χ3v) is 4.07. The van der Waals surface area contributed by atoms with Crippen LogP contribution in [0.4, 0.5) is 0 Å². The molecule has 1 unspecified atom stereocenters. The summed E-state index contributed by atoms with van der Waals surface area (Å²) < 4.78 is 0. The maximum absolute atomic E-state index is 4.16. The molecule has 1 heterocycles. The van der Waals surface area contributed by atoms with Crippen molar-refractivity contribution in [1.82, 2.24) is 4.98 Å². The first-order valence-corrected chi connectivity index (χ1v) is 7.22. The lowest BCUT2D eigenvalue weighted by atomic mass is 9.95. The molecule has 0 radical (unpaired) electrons. The molecule has 0 saturated heterocycles. The zero-order valence-corrected chi connectivity index (χ0v) is 12.0. The fourth-order valence-corrected chi connectivity index (χ4v) is 2.50. The third kappa shape index (κ3) is 2.44. The minimum atomic E-state index is 0.631. The molecule has 0 aliphatic heterocycles. The lowest BCUT2D eigenvalue weighted by molar-refractivity contribution is 0.734. The average Bonchev–Trinajstić information content (AvgIpc) is 2.54. The van der Waals surface area contributed by atoms with Crippen molar-refractivity contribution in [3.8, 4) is 11.1 Å². The van der Waals surface area contributed by atoms with Gasteiger partial charge in [-0.05, 0) is 46.5 Å². The first-order chi connectivity index (χ1) is 9.78. The second-order valence-electron chi connectivity index (χ2n) is 5.37. The van der Waals surface area contributed by atoms with Gasteiger partial charge in [0, 0.05) is 17.8 Å². The maximum atomic E-state index is 4.16. The number of pyridine rings is 1. The number of hydrogen-bond acceptors (Lipinski definition) is 1. The number of aromatic nitrogens is 1. The highest BCUT2D eigenvalue weighted by molar-refractivity contribution is 5.86. The van der Waals surface area contributed by atoms with E-state index in [1.54, 1.807) is 0 Å². The number of benzene rings is 2. The number of hydrogen-bond donors (Lipinski definition) is 0. The SMILES string of the molecule is CCC(C)c1ccc(-c2ccc3cnccc3c2)cc1. The molecule has 3 aromatic rings. The Morgan fingerprint density at radius 1 is 0.900 bits per heavy atom. The minimum absolute atomic E-state index is 0.631. The fraction of sp³-hybridized carbons (Fsp3) is 0.211. The molecule has 1 aromatic heterocycles. The van der Waals surface area contributed by atoms with Gasteiger partial charge in [-0.2, -0.15) is 0 Å². The van der Waals surface area contributed by atoms with Crippen LogP contribution in [0.25, 0.3) is 21.9 Å². The van der Waals surface area contributed by atoms with Gasteiger partial charge in [0.05, 0.1) is 0 Å². The van der Waals surface area contributed by atoms with Crippen molar-refractivity contribution < 1.29 is 0 Å². The summed E-state index contributed by atoms with van der Waals surface area (Å²) in [5, 5.41) is 2.43. The largest absolute Gasteiger partial charge is 0.264 e. The van der Waals surface area contributed by atoms with Gasteiger partial charge in [-0.15, -0.1) is 0 Å². The second kappa shape index (κ2) is 5.46. The van der Waals surface area contributed by atoms with Gasteiger partial charge < -0.3 is 0 Å². The molecule has 0 fully saturated rings. The quantitative estimate of drug-likeness (QED) is 0.614. The van der Waals surface area contributed by atoms with E-state index >= 15 is 0 Å². The fourth-order valence-electron chi connectivity index (χ4n) is 2.50. The van der Waals surface area contributed by atoms with Gasteiger partial charge in [0.25, 0.3) is 0 Å². The Kier molecular flexibility index (Phi) is 3.51. The molecular formula is C19H19N. The lowest BCUT2D eigenvalue weighted by Crippen LogP contribution is -1.90. The van der Waals surface area contributed by atoms with E-state index in [-0.39, 0.29) is 0 Å². The maximum Gasteiger partial charge on any atom is 0.0346 e.